The Labute approximate surface area is 197 Å². The molecule has 3 aromatic carbocycles. The number of fused-ring (bicyclic) bond motifs is 1. The number of hydrogen-bond donors (Lipinski definition) is 1. The Bertz CT molecular complexity index is 1320. The lowest BCUT2D eigenvalue weighted by atomic mass is 10.0. The van der Waals surface area contributed by atoms with Crippen molar-refractivity contribution in [2.45, 2.75) is 24.8 Å². The summed E-state index contributed by atoms with van der Waals surface area (Å²) < 4.78 is 48.4. The predicted molar refractivity (Wildman–Crippen MR) is 129 cm³/mol. The van der Waals surface area contributed by atoms with Crippen LogP contribution >= 0.6 is 11.6 Å². The zero-order valence-corrected chi connectivity index (χ0v) is 19.7. The Hall–Kier alpha value is -2.87. The molecule has 0 saturated carbocycles. The van der Waals surface area contributed by atoms with Gasteiger partial charge in [0, 0.05) is 5.56 Å². The van der Waals surface area contributed by atoms with Crippen LogP contribution in [0.4, 0.5) is 10.1 Å². The first kappa shape index (κ1) is 23.3. The van der Waals surface area contributed by atoms with E-state index >= 15 is 0 Å². The van der Waals surface area contributed by atoms with Crippen molar-refractivity contribution in [3.8, 4) is 5.75 Å². The second kappa shape index (κ2) is 9.17. The molecule has 1 aliphatic heterocycles. The molecule has 1 atom stereocenters. The van der Waals surface area contributed by atoms with Gasteiger partial charge in [0.25, 0.3) is 10.0 Å². The van der Waals surface area contributed by atoms with E-state index in [1.807, 2.05) is 13.0 Å². The van der Waals surface area contributed by atoms with E-state index in [-0.39, 0.29) is 23.6 Å². The van der Waals surface area contributed by atoms with Crippen molar-refractivity contribution >= 4 is 39.0 Å². The summed E-state index contributed by atoms with van der Waals surface area (Å²) in [5.74, 6) is -0.0952. The lowest BCUT2D eigenvalue weighted by Crippen LogP contribution is -2.45. The number of aliphatic hydroxyl groups is 1. The first-order chi connectivity index (χ1) is 15.7. The van der Waals surface area contributed by atoms with Gasteiger partial charge in [0.05, 0.1) is 28.8 Å². The van der Waals surface area contributed by atoms with Crippen LogP contribution in [0.1, 0.15) is 23.6 Å². The number of allylic oxidation sites excluding steroid dienone is 1. The molecule has 8 heteroatoms. The average molecular weight is 488 g/mol. The number of aliphatic hydroxyl groups excluding tert-OH is 1. The predicted octanol–water partition coefficient (Wildman–Crippen LogP) is 5.30. The number of halogens is 2. The van der Waals surface area contributed by atoms with Gasteiger partial charge in [-0.1, -0.05) is 41.9 Å². The van der Waals surface area contributed by atoms with E-state index in [9.17, 15) is 17.9 Å². The van der Waals surface area contributed by atoms with Gasteiger partial charge in [0.15, 0.2) is 0 Å². The minimum absolute atomic E-state index is 0.0366. The lowest BCUT2D eigenvalue weighted by Gasteiger charge is -2.35. The Morgan fingerprint density at radius 2 is 1.97 bits per heavy atom. The summed E-state index contributed by atoms with van der Waals surface area (Å²) in [6, 6.07) is 16.2. The zero-order valence-electron chi connectivity index (χ0n) is 18.1. The summed E-state index contributed by atoms with van der Waals surface area (Å²) in [6.45, 7) is 3.20. The summed E-state index contributed by atoms with van der Waals surface area (Å²) >= 11 is 6.19. The van der Waals surface area contributed by atoms with Crippen molar-refractivity contribution in [1.82, 2.24) is 0 Å². The fourth-order valence-electron chi connectivity index (χ4n) is 3.84. The van der Waals surface area contributed by atoms with Crippen molar-refractivity contribution in [3.63, 3.8) is 0 Å². The van der Waals surface area contributed by atoms with Gasteiger partial charge >= 0.3 is 0 Å². The minimum Gasteiger partial charge on any atom is -0.484 e. The highest BCUT2D eigenvalue weighted by Crippen LogP contribution is 2.39. The monoisotopic (exact) mass is 487 g/mol. The molecule has 0 unspecified atom stereocenters. The highest BCUT2D eigenvalue weighted by atomic mass is 35.5. The molecular formula is C25H23ClFNO4S. The number of benzene rings is 3. The Morgan fingerprint density at radius 1 is 1.21 bits per heavy atom. The second-order valence-corrected chi connectivity index (χ2v) is 10.2. The third kappa shape index (κ3) is 4.62. The van der Waals surface area contributed by atoms with Gasteiger partial charge in [-0.15, -0.1) is 0 Å². The molecule has 0 saturated heterocycles. The largest absolute Gasteiger partial charge is 0.484 e. The Kier molecular flexibility index (Phi) is 6.47. The second-order valence-electron chi connectivity index (χ2n) is 7.93. The van der Waals surface area contributed by atoms with Crippen molar-refractivity contribution in [3.05, 3.63) is 88.2 Å². The topological polar surface area (TPSA) is 66.8 Å². The van der Waals surface area contributed by atoms with E-state index in [0.717, 1.165) is 5.56 Å². The maximum Gasteiger partial charge on any atom is 0.264 e. The Balaban J connectivity index is 1.80. The number of anilines is 1. The fraction of sp³-hybridized carbons (Fsp3) is 0.200. The van der Waals surface area contributed by atoms with Gasteiger partial charge < -0.3 is 9.84 Å². The quantitative estimate of drug-likeness (QED) is 0.496. The normalized spacial score (nSPS) is 16.3. The molecule has 1 N–H and O–H groups in total. The van der Waals surface area contributed by atoms with Crippen molar-refractivity contribution in [2.24, 2.45) is 0 Å². The number of nitrogens with zero attached hydrogens (tertiary/aromatic N) is 1. The number of aryl methyl sites for hydroxylation is 1. The first-order valence-electron chi connectivity index (χ1n) is 10.3. The molecule has 0 aliphatic carbocycles. The maximum absolute atomic E-state index is 14.3. The van der Waals surface area contributed by atoms with E-state index in [1.165, 1.54) is 16.4 Å². The molecule has 1 aliphatic rings. The molecule has 0 bridgehead atoms. The van der Waals surface area contributed by atoms with Gasteiger partial charge in [-0.3, -0.25) is 4.31 Å². The van der Waals surface area contributed by atoms with E-state index in [2.05, 4.69) is 0 Å². The molecule has 33 heavy (non-hydrogen) atoms. The lowest BCUT2D eigenvalue weighted by molar-refractivity contribution is 0.116. The highest BCUT2D eigenvalue weighted by Gasteiger charge is 2.34. The summed E-state index contributed by atoms with van der Waals surface area (Å²) in [6.07, 6.45) is 1.04. The van der Waals surface area contributed by atoms with E-state index in [1.54, 1.807) is 55.5 Å². The molecular weight excluding hydrogens is 465 g/mol. The molecule has 0 radical (unpaired) electrons. The van der Waals surface area contributed by atoms with Crippen LogP contribution in [-0.4, -0.2) is 32.8 Å². The van der Waals surface area contributed by atoms with E-state index in [4.69, 9.17) is 16.3 Å². The van der Waals surface area contributed by atoms with Gasteiger partial charge in [-0.05, 0) is 66.9 Å². The van der Waals surface area contributed by atoms with Crippen LogP contribution in [0.15, 0.2) is 65.6 Å². The summed E-state index contributed by atoms with van der Waals surface area (Å²) in [5.41, 5.74) is 2.70. The Morgan fingerprint density at radius 3 is 2.67 bits per heavy atom. The standard InChI is InChI=1S/C25H23ClFNO4S/c1-16-5-3-6-20(11-16)33(30,31)28-14-19(15-29)32-24-10-9-18(13-23(24)28)12-17(2)25-21(26)7-4-8-22(25)27/h3-13,19,29H,14-15H2,1-2H3/b17-12+/t19-/m1/s1. The number of sulfonamides is 1. The molecule has 4 rings (SSSR count). The van der Waals surface area contributed by atoms with Crippen molar-refractivity contribution in [2.75, 3.05) is 17.5 Å². The van der Waals surface area contributed by atoms with Gasteiger partial charge in [-0.2, -0.15) is 0 Å². The zero-order chi connectivity index (χ0) is 23.8. The summed E-state index contributed by atoms with van der Waals surface area (Å²) in [7, 11) is -3.91. The fourth-order valence-corrected chi connectivity index (χ4v) is 5.76. The molecule has 0 fully saturated rings. The van der Waals surface area contributed by atoms with Crippen LogP contribution < -0.4 is 9.04 Å². The van der Waals surface area contributed by atoms with E-state index < -0.39 is 21.9 Å². The highest BCUT2D eigenvalue weighted by molar-refractivity contribution is 7.92. The third-order valence-electron chi connectivity index (χ3n) is 5.44. The SMILES string of the molecule is C/C(=C\c1ccc2c(c1)N(S(=O)(=O)c1cccc(C)c1)C[C@H](CO)O2)c1c(F)cccc1Cl. The van der Waals surface area contributed by atoms with Gasteiger partial charge in [0.2, 0.25) is 0 Å². The first-order valence-corrected chi connectivity index (χ1v) is 12.2. The van der Waals surface area contributed by atoms with Gasteiger partial charge in [-0.25, -0.2) is 12.8 Å². The van der Waals surface area contributed by atoms with Crippen LogP contribution in [0, 0.1) is 12.7 Å². The van der Waals surface area contributed by atoms with Crippen LogP contribution in [-0.2, 0) is 10.0 Å². The van der Waals surface area contributed by atoms with Crippen molar-refractivity contribution in [1.29, 1.82) is 0 Å². The molecule has 172 valence electrons. The van der Waals surface area contributed by atoms with Gasteiger partial charge in [0.1, 0.15) is 17.7 Å². The number of ether oxygens (including phenoxy) is 1. The van der Waals surface area contributed by atoms with Crippen LogP contribution in [0.5, 0.6) is 5.75 Å². The van der Waals surface area contributed by atoms with E-state index in [0.29, 0.717) is 27.6 Å². The summed E-state index contributed by atoms with van der Waals surface area (Å²) in [4.78, 5) is 0.155. The minimum atomic E-state index is -3.91. The average Bonchev–Trinajstić information content (AvgIpc) is 2.78. The van der Waals surface area contributed by atoms with Crippen molar-refractivity contribution < 1.29 is 22.7 Å². The smallest absolute Gasteiger partial charge is 0.264 e. The number of rotatable bonds is 5. The maximum atomic E-state index is 14.3. The molecule has 0 amide bonds. The molecule has 1 heterocycles. The molecule has 5 nitrogen and oxygen atoms in total. The van der Waals surface area contributed by atoms with Crippen LogP contribution in [0.2, 0.25) is 5.02 Å². The molecule has 0 aromatic heterocycles. The third-order valence-corrected chi connectivity index (χ3v) is 7.53. The molecule has 3 aromatic rings. The van der Waals surface area contributed by atoms with Crippen LogP contribution in [0.25, 0.3) is 11.6 Å². The summed E-state index contributed by atoms with van der Waals surface area (Å²) in [5, 5.41) is 9.95. The number of hydrogen-bond acceptors (Lipinski definition) is 4. The van der Waals surface area contributed by atoms with Crippen LogP contribution in [0.3, 0.4) is 0 Å². The molecule has 0 spiro atoms.